The number of amides is 2. The molecule has 0 saturated heterocycles. The van der Waals surface area contributed by atoms with Crippen LogP contribution < -0.4 is 19.7 Å². The molecule has 8 heteroatoms. The summed E-state index contributed by atoms with van der Waals surface area (Å²) < 4.78 is 10.5. The van der Waals surface area contributed by atoms with E-state index in [4.69, 9.17) is 26.3 Å². The summed E-state index contributed by atoms with van der Waals surface area (Å²) in [5.74, 6) is -0.0769. The van der Waals surface area contributed by atoms with Gasteiger partial charge in [-0.25, -0.2) is 0 Å². The third-order valence-corrected chi connectivity index (χ3v) is 4.02. The van der Waals surface area contributed by atoms with Crippen molar-refractivity contribution in [1.82, 2.24) is 0 Å². The number of carbonyl (C=O) groups excluding carboxylic acids is 2. The zero-order valence-corrected chi connectivity index (χ0v) is 15.8. The maximum atomic E-state index is 12.4. The number of benzene rings is 2. The number of carbonyl (C=O) groups is 2. The molecular weight excluding hydrogens is 370 g/mol. The maximum absolute atomic E-state index is 12.4. The molecule has 1 N–H and O–H groups in total. The van der Waals surface area contributed by atoms with Gasteiger partial charge in [-0.1, -0.05) is 11.6 Å². The van der Waals surface area contributed by atoms with Crippen molar-refractivity contribution in [1.29, 1.82) is 5.26 Å². The smallest absolute Gasteiger partial charge is 0.244 e. The zero-order chi connectivity index (χ0) is 20.0. The largest absolute Gasteiger partial charge is 0.495 e. The third-order valence-electron chi connectivity index (χ3n) is 3.72. The number of hydrogen-bond donors (Lipinski definition) is 1. The fraction of sp³-hybridized carbons (Fsp3) is 0.211. The first kappa shape index (κ1) is 20.1. The second kappa shape index (κ2) is 8.92. The fourth-order valence-electron chi connectivity index (χ4n) is 2.39. The quantitative estimate of drug-likeness (QED) is 0.821. The van der Waals surface area contributed by atoms with Crippen molar-refractivity contribution in [3.05, 3.63) is 47.0 Å². The van der Waals surface area contributed by atoms with Crippen LogP contribution in [0, 0.1) is 11.3 Å². The fourth-order valence-corrected chi connectivity index (χ4v) is 2.62. The van der Waals surface area contributed by atoms with Crippen LogP contribution in [-0.2, 0) is 9.59 Å². The minimum atomic E-state index is -0.411. The van der Waals surface area contributed by atoms with E-state index in [2.05, 4.69) is 5.32 Å². The highest BCUT2D eigenvalue weighted by molar-refractivity contribution is 6.32. The minimum absolute atomic E-state index is 0.240. The Morgan fingerprint density at radius 2 is 1.78 bits per heavy atom. The number of nitriles is 1. The summed E-state index contributed by atoms with van der Waals surface area (Å²) in [6.07, 6.45) is 0. The SMILES string of the molecule is COc1cc(N(CC(=O)Nc2ccc(C#N)cc2)C(C)=O)c(OC)cc1Cl. The molecule has 0 atom stereocenters. The van der Waals surface area contributed by atoms with Crippen molar-refractivity contribution in [2.75, 3.05) is 31.0 Å². The standard InChI is InChI=1S/C19H18ClN3O4/c1-12(24)23(16-9-17(26-2)15(20)8-18(16)27-3)11-19(25)22-14-6-4-13(10-21)5-7-14/h4-9H,11H2,1-3H3,(H,22,25). The Hall–Kier alpha value is -3.24. The van der Waals surface area contributed by atoms with Gasteiger partial charge in [0.25, 0.3) is 0 Å². The first-order chi connectivity index (χ1) is 12.9. The summed E-state index contributed by atoms with van der Waals surface area (Å²) in [5.41, 5.74) is 1.36. The number of hydrogen-bond acceptors (Lipinski definition) is 5. The molecule has 2 aromatic carbocycles. The van der Waals surface area contributed by atoms with Crippen LogP contribution in [0.2, 0.25) is 5.02 Å². The molecule has 0 aromatic heterocycles. The van der Waals surface area contributed by atoms with E-state index in [9.17, 15) is 9.59 Å². The lowest BCUT2D eigenvalue weighted by Crippen LogP contribution is -2.37. The number of halogens is 1. The summed E-state index contributed by atoms with van der Waals surface area (Å²) in [4.78, 5) is 25.8. The van der Waals surface area contributed by atoms with E-state index >= 15 is 0 Å². The summed E-state index contributed by atoms with van der Waals surface area (Å²) in [7, 11) is 2.89. The van der Waals surface area contributed by atoms with E-state index in [1.165, 1.54) is 38.2 Å². The van der Waals surface area contributed by atoms with Crippen LogP contribution in [0.5, 0.6) is 11.5 Å². The van der Waals surface area contributed by atoms with E-state index < -0.39 is 5.91 Å². The summed E-state index contributed by atoms with van der Waals surface area (Å²) in [5, 5.41) is 11.8. The molecule has 140 valence electrons. The lowest BCUT2D eigenvalue weighted by atomic mass is 10.2. The highest BCUT2D eigenvalue weighted by atomic mass is 35.5. The van der Waals surface area contributed by atoms with Gasteiger partial charge in [0, 0.05) is 24.7 Å². The number of nitrogens with one attached hydrogen (secondary N) is 1. The molecule has 0 spiro atoms. The van der Waals surface area contributed by atoms with E-state index in [0.717, 1.165) is 0 Å². The summed E-state index contributed by atoms with van der Waals surface area (Å²) >= 11 is 6.09. The van der Waals surface area contributed by atoms with Gasteiger partial charge in [0.1, 0.15) is 18.0 Å². The van der Waals surface area contributed by atoms with Crippen LogP contribution in [-0.4, -0.2) is 32.6 Å². The Morgan fingerprint density at radius 1 is 1.15 bits per heavy atom. The molecule has 0 aliphatic heterocycles. The van der Waals surface area contributed by atoms with E-state index in [1.807, 2.05) is 6.07 Å². The molecule has 0 aliphatic carbocycles. The molecule has 27 heavy (non-hydrogen) atoms. The van der Waals surface area contributed by atoms with Crippen LogP contribution in [0.1, 0.15) is 12.5 Å². The van der Waals surface area contributed by atoms with Gasteiger partial charge in [-0.2, -0.15) is 5.26 Å². The molecular formula is C19H18ClN3O4. The highest BCUT2D eigenvalue weighted by Crippen LogP contribution is 2.38. The Kier molecular flexibility index (Phi) is 6.63. The topological polar surface area (TPSA) is 91.7 Å². The van der Waals surface area contributed by atoms with Crippen LogP contribution in [0.15, 0.2) is 36.4 Å². The Balaban J connectivity index is 2.26. The van der Waals surface area contributed by atoms with Gasteiger partial charge < -0.3 is 14.8 Å². The molecule has 0 fully saturated rings. The molecule has 2 rings (SSSR count). The first-order valence-corrected chi connectivity index (χ1v) is 8.27. The lowest BCUT2D eigenvalue weighted by molar-refractivity contribution is -0.120. The van der Waals surface area contributed by atoms with Gasteiger partial charge in [0.05, 0.1) is 36.6 Å². The van der Waals surface area contributed by atoms with Crippen molar-refractivity contribution < 1.29 is 19.1 Å². The van der Waals surface area contributed by atoms with E-state index in [-0.39, 0.29) is 12.5 Å². The summed E-state index contributed by atoms with van der Waals surface area (Å²) in [6, 6.07) is 11.5. The van der Waals surface area contributed by atoms with Crippen LogP contribution in [0.4, 0.5) is 11.4 Å². The van der Waals surface area contributed by atoms with Crippen LogP contribution in [0.3, 0.4) is 0 Å². The van der Waals surface area contributed by atoms with Crippen LogP contribution >= 0.6 is 11.6 Å². The molecule has 0 bridgehead atoms. The lowest BCUT2D eigenvalue weighted by Gasteiger charge is -2.23. The Bertz CT molecular complexity index is 891. The van der Waals surface area contributed by atoms with Gasteiger partial charge in [-0.3, -0.25) is 14.5 Å². The molecule has 0 aliphatic rings. The van der Waals surface area contributed by atoms with Crippen molar-refractivity contribution in [2.24, 2.45) is 0 Å². The second-order valence-electron chi connectivity index (χ2n) is 5.50. The Labute approximate surface area is 162 Å². The summed E-state index contributed by atoms with van der Waals surface area (Å²) in [6.45, 7) is 1.10. The van der Waals surface area contributed by atoms with Crippen molar-refractivity contribution >= 4 is 34.8 Å². The third kappa shape index (κ3) is 4.90. The number of rotatable bonds is 6. The molecule has 0 saturated carbocycles. The van der Waals surface area contributed by atoms with Crippen molar-refractivity contribution in [3.63, 3.8) is 0 Å². The molecule has 2 aromatic rings. The van der Waals surface area contributed by atoms with Gasteiger partial charge in [-0.15, -0.1) is 0 Å². The molecule has 0 unspecified atom stereocenters. The van der Waals surface area contributed by atoms with Gasteiger partial charge in [0.2, 0.25) is 11.8 Å². The molecule has 0 radical (unpaired) electrons. The number of methoxy groups -OCH3 is 2. The van der Waals surface area contributed by atoms with Gasteiger partial charge >= 0.3 is 0 Å². The van der Waals surface area contributed by atoms with E-state index in [1.54, 1.807) is 24.3 Å². The van der Waals surface area contributed by atoms with Gasteiger partial charge in [0.15, 0.2) is 0 Å². The Morgan fingerprint density at radius 3 is 2.30 bits per heavy atom. The molecule has 0 heterocycles. The zero-order valence-electron chi connectivity index (χ0n) is 15.1. The van der Waals surface area contributed by atoms with Gasteiger partial charge in [-0.05, 0) is 24.3 Å². The average molecular weight is 388 g/mol. The normalized spacial score (nSPS) is 9.89. The molecule has 2 amide bonds. The van der Waals surface area contributed by atoms with Crippen molar-refractivity contribution in [2.45, 2.75) is 6.92 Å². The van der Waals surface area contributed by atoms with Crippen LogP contribution in [0.25, 0.3) is 0 Å². The van der Waals surface area contributed by atoms with E-state index in [0.29, 0.717) is 33.5 Å². The predicted octanol–water partition coefficient (Wildman–Crippen LogP) is 3.22. The maximum Gasteiger partial charge on any atom is 0.244 e. The predicted molar refractivity (Wildman–Crippen MR) is 102 cm³/mol. The highest BCUT2D eigenvalue weighted by Gasteiger charge is 2.22. The monoisotopic (exact) mass is 387 g/mol. The molecule has 7 nitrogen and oxygen atoms in total. The van der Waals surface area contributed by atoms with Crippen molar-refractivity contribution in [3.8, 4) is 17.6 Å². The number of nitrogens with zero attached hydrogens (tertiary/aromatic N) is 2. The number of anilines is 2. The number of ether oxygens (including phenoxy) is 2. The first-order valence-electron chi connectivity index (χ1n) is 7.89. The minimum Gasteiger partial charge on any atom is -0.495 e. The second-order valence-corrected chi connectivity index (χ2v) is 5.91. The average Bonchev–Trinajstić information content (AvgIpc) is 2.66.